The van der Waals surface area contributed by atoms with E-state index in [4.69, 9.17) is 4.74 Å². The lowest BCUT2D eigenvalue weighted by Crippen LogP contribution is -2.34. The van der Waals surface area contributed by atoms with Gasteiger partial charge in [0, 0.05) is 24.1 Å². The molecule has 2 rings (SSSR count). The third kappa shape index (κ3) is 3.69. The van der Waals surface area contributed by atoms with Crippen molar-refractivity contribution < 1.29 is 14.5 Å². The largest absolute Gasteiger partial charge is 0.444 e. The number of nitrogens with one attached hydrogen (secondary N) is 1. The molecule has 0 radical (unpaired) electrons. The number of carbonyl (C=O) groups is 1. The Bertz CT molecular complexity index is 519. The van der Waals surface area contributed by atoms with Crippen LogP contribution in [-0.4, -0.2) is 22.7 Å². The minimum atomic E-state index is -0.512. The van der Waals surface area contributed by atoms with E-state index >= 15 is 0 Å². The molecule has 6 nitrogen and oxygen atoms in total. The molecule has 1 fully saturated rings. The number of hydrogen-bond acceptors (Lipinski definition) is 4. The second kappa shape index (κ2) is 5.11. The SMILES string of the molecule is CC(C)(C)OC(=O)N[C@H]1C[C@@H]1c1ccc([N+](=O)[O-])cc1. The fourth-order valence-corrected chi connectivity index (χ4v) is 2.03. The van der Waals surface area contributed by atoms with Crippen molar-refractivity contribution in [1.82, 2.24) is 5.32 Å². The maximum absolute atomic E-state index is 11.6. The van der Waals surface area contributed by atoms with Crippen LogP contribution in [0, 0.1) is 10.1 Å². The Morgan fingerprint density at radius 2 is 1.95 bits per heavy atom. The average molecular weight is 278 g/mol. The summed E-state index contributed by atoms with van der Waals surface area (Å²) >= 11 is 0. The first-order chi connectivity index (χ1) is 9.26. The smallest absolute Gasteiger partial charge is 0.407 e. The maximum Gasteiger partial charge on any atom is 0.407 e. The van der Waals surface area contributed by atoms with Crippen LogP contribution in [0.1, 0.15) is 38.7 Å². The number of carbonyl (C=O) groups excluding carboxylic acids is 1. The highest BCUT2D eigenvalue weighted by Crippen LogP contribution is 2.41. The lowest BCUT2D eigenvalue weighted by atomic mass is 10.1. The molecule has 0 heterocycles. The van der Waals surface area contributed by atoms with Crippen molar-refractivity contribution in [2.45, 2.75) is 44.8 Å². The predicted octanol–water partition coefficient (Wildman–Crippen LogP) is 2.98. The van der Waals surface area contributed by atoms with Gasteiger partial charge in [0.2, 0.25) is 0 Å². The number of nitrogens with zero attached hydrogens (tertiary/aromatic N) is 1. The number of amides is 1. The van der Waals surface area contributed by atoms with E-state index in [1.54, 1.807) is 12.1 Å². The van der Waals surface area contributed by atoms with Crippen LogP contribution >= 0.6 is 0 Å². The van der Waals surface area contributed by atoms with E-state index in [1.165, 1.54) is 12.1 Å². The summed E-state index contributed by atoms with van der Waals surface area (Å²) in [5.41, 5.74) is 0.560. The van der Waals surface area contributed by atoms with Gasteiger partial charge in [0.05, 0.1) is 4.92 Å². The molecule has 20 heavy (non-hydrogen) atoms. The zero-order valence-corrected chi connectivity index (χ0v) is 11.8. The summed E-state index contributed by atoms with van der Waals surface area (Å²) in [5.74, 6) is 0.211. The summed E-state index contributed by atoms with van der Waals surface area (Å²) < 4.78 is 5.18. The Balaban J connectivity index is 1.88. The molecule has 1 aliphatic rings. The highest BCUT2D eigenvalue weighted by atomic mass is 16.6. The quantitative estimate of drug-likeness (QED) is 0.680. The molecule has 1 aromatic rings. The number of nitro groups is 1. The molecule has 1 aliphatic carbocycles. The van der Waals surface area contributed by atoms with E-state index in [0.717, 1.165) is 12.0 Å². The van der Waals surface area contributed by atoms with Gasteiger partial charge in [0.15, 0.2) is 0 Å². The van der Waals surface area contributed by atoms with Crippen LogP contribution in [0.2, 0.25) is 0 Å². The van der Waals surface area contributed by atoms with Crippen molar-refractivity contribution in [2.75, 3.05) is 0 Å². The molecule has 1 aromatic carbocycles. The summed E-state index contributed by atoms with van der Waals surface area (Å²) in [7, 11) is 0. The fraction of sp³-hybridized carbons (Fsp3) is 0.500. The molecule has 0 aromatic heterocycles. The van der Waals surface area contributed by atoms with Crippen LogP contribution in [0.4, 0.5) is 10.5 Å². The Morgan fingerprint density at radius 3 is 2.45 bits per heavy atom. The van der Waals surface area contributed by atoms with Gasteiger partial charge in [0.1, 0.15) is 5.60 Å². The standard InChI is InChI=1S/C14H18N2O4/c1-14(2,3)20-13(17)15-12-8-11(12)9-4-6-10(7-5-9)16(18)19/h4-7,11-12H,8H2,1-3H3,(H,15,17)/t11-,12+/m1/s1. The van der Waals surface area contributed by atoms with E-state index in [2.05, 4.69) is 5.32 Å². The van der Waals surface area contributed by atoms with Crippen LogP contribution in [0.3, 0.4) is 0 Å². The van der Waals surface area contributed by atoms with Crippen LogP contribution in [0.5, 0.6) is 0 Å². The Labute approximate surface area is 117 Å². The monoisotopic (exact) mass is 278 g/mol. The first-order valence-electron chi connectivity index (χ1n) is 6.50. The zero-order chi connectivity index (χ0) is 14.9. The topological polar surface area (TPSA) is 81.5 Å². The van der Waals surface area contributed by atoms with Crippen molar-refractivity contribution >= 4 is 11.8 Å². The Morgan fingerprint density at radius 1 is 1.35 bits per heavy atom. The first-order valence-corrected chi connectivity index (χ1v) is 6.50. The Kier molecular flexibility index (Phi) is 3.65. The van der Waals surface area contributed by atoms with Gasteiger partial charge < -0.3 is 10.1 Å². The number of rotatable bonds is 3. The third-order valence-corrected chi connectivity index (χ3v) is 3.02. The number of benzene rings is 1. The molecular formula is C14H18N2O4. The van der Waals surface area contributed by atoms with Gasteiger partial charge in [-0.15, -0.1) is 0 Å². The van der Waals surface area contributed by atoms with Crippen LogP contribution < -0.4 is 5.32 Å². The fourth-order valence-electron chi connectivity index (χ4n) is 2.03. The number of non-ortho nitro benzene ring substituents is 1. The van der Waals surface area contributed by atoms with Crippen LogP contribution in [-0.2, 0) is 4.74 Å². The van der Waals surface area contributed by atoms with Crippen molar-refractivity contribution in [3.8, 4) is 0 Å². The summed E-state index contributed by atoms with van der Waals surface area (Å²) in [5, 5.41) is 13.4. The summed E-state index contributed by atoms with van der Waals surface area (Å²) in [6.07, 6.45) is 0.406. The summed E-state index contributed by atoms with van der Waals surface area (Å²) in [6, 6.07) is 6.49. The predicted molar refractivity (Wildman–Crippen MR) is 73.6 cm³/mol. The second-order valence-corrected chi connectivity index (χ2v) is 5.94. The number of nitro benzene ring substituents is 1. The minimum absolute atomic E-state index is 0.0475. The third-order valence-electron chi connectivity index (χ3n) is 3.02. The molecule has 1 amide bonds. The molecule has 0 saturated heterocycles. The highest BCUT2D eigenvalue weighted by molar-refractivity contribution is 5.69. The van der Waals surface area contributed by atoms with Crippen molar-refractivity contribution in [3.63, 3.8) is 0 Å². The van der Waals surface area contributed by atoms with E-state index in [0.29, 0.717) is 0 Å². The molecule has 0 spiro atoms. The van der Waals surface area contributed by atoms with E-state index in [1.807, 2.05) is 20.8 Å². The van der Waals surface area contributed by atoms with Gasteiger partial charge in [-0.3, -0.25) is 10.1 Å². The molecule has 6 heteroatoms. The maximum atomic E-state index is 11.6. The van der Waals surface area contributed by atoms with Crippen LogP contribution in [0.15, 0.2) is 24.3 Å². The van der Waals surface area contributed by atoms with Gasteiger partial charge in [-0.25, -0.2) is 4.79 Å². The lowest BCUT2D eigenvalue weighted by molar-refractivity contribution is -0.384. The number of hydrogen-bond donors (Lipinski definition) is 1. The van der Waals surface area contributed by atoms with Crippen molar-refractivity contribution in [2.24, 2.45) is 0 Å². The highest BCUT2D eigenvalue weighted by Gasteiger charge is 2.40. The molecule has 0 aliphatic heterocycles. The number of ether oxygens (including phenoxy) is 1. The molecule has 1 N–H and O–H groups in total. The zero-order valence-electron chi connectivity index (χ0n) is 11.8. The molecule has 0 bridgehead atoms. The van der Waals surface area contributed by atoms with Crippen molar-refractivity contribution in [1.29, 1.82) is 0 Å². The normalized spacial score (nSPS) is 21.1. The van der Waals surface area contributed by atoms with Gasteiger partial charge >= 0.3 is 6.09 Å². The molecule has 0 unspecified atom stereocenters. The summed E-state index contributed by atoms with van der Waals surface area (Å²) in [6.45, 7) is 5.44. The van der Waals surface area contributed by atoms with Gasteiger partial charge in [-0.1, -0.05) is 12.1 Å². The van der Waals surface area contributed by atoms with Gasteiger partial charge in [-0.2, -0.15) is 0 Å². The van der Waals surface area contributed by atoms with Gasteiger partial charge in [-0.05, 0) is 32.8 Å². The summed E-state index contributed by atoms with van der Waals surface area (Å²) in [4.78, 5) is 21.8. The molecular weight excluding hydrogens is 260 g/mol. The number of alkyl carbamates (subject to hydrolysis) is 1. The lowest BCUT2D eigenvalue weighted by Gasteiger charge is -2.19. The van der Waals surface area contributed by atoms with E-state index in [9.17, 15) is 14.9 Å². The van der Waals surface area contributed by atoms with E-state index < -0.39 is 16.6 Å². The Hall–Kier alpha value is -2.11. The second-order valence-electron chi connectivity index (χ2n) is 5.94. The molecule has 2 atom stereocenters. The van der Waals surface area contributed by atoms with E-state index in [-0.39, 0.29) is 17.6 Å². The first kappa shape index (κ1) is 14.3. The van der Waals surface area contributed by atoms with Gasteiger partial charge in [0.25, 0.3) is 5.69 Å². The molecule has 1 saturated carbocycles. The average Bonchev–Trinajstić information content (AvgIpc) is 3.05. The van der Waals surface area contributed by atoms with Crippen molar-refractivity contribution in [3.05, 3.63) is 39.9 Å². The minimum Gasteiger partial charge on any atom is -0.444 e. The molecule has 108 valence electrons. The van der Waals surface area contributed by atoms with Crippen LogP contribution in [0.25, 0.3) is 0 Å².